The number of furan rings is 6. The zero-order chi connectivity index (χ0) is 54.2. The molecule has 19 rings (SSSR count). The van der Waals surface area contributed by atoms with Crippen LogP contribution < -0.4 is 9.80 Å². The van der Waals surface area contributed by atoms with Crippen molar-refractivity contribution in [2.45, 2.75) is 6.92 Å². The summed E-state index contributed by atoms with van der Waals surface area (Å²) in [6, 6.07) is 83.1. The van der Waals surface area contributed by atoms with Crippen molar-refractivity contribution in [1.82, 2.24) is 0 Å². The van der Waals surface area contributed by atoms with Crippen LogP contribution >= 0.6 is 0 Å². The predicted molar refractivity (Wildman–Crippen MR) is 339 cm³/mol. The Bertz CT molecular complexity index is 5410. The predicted octanol–water partition coefficient (Wildman–Crippen LogP) is 22.6. The van der Waals surface area contributed by atoms with Gasteiger partial charge in [-0.1, -0.05) is 84.9 Å². The highest BCUT2D eigenvalue weighted by Crippen LogP contribution is 2.47. The van der Waals surface area contributed by atoms with Crippen molar-refractivity contribution in [3.63, 3.8) is 0 Å². The topological polar surface area (TPSA) is 85.3 Å². The summed E-state index contributed by atoms with van der Waals surface area (Å²) in [6.45, 7) is 2.20. The first-order chi connectivity index (χ1) is 41.0. The van der Waals surface area contributed by atoms with E-state index < -0.39 is 0 Å². The first-order valence-corrected chi connectivity index (χ1v) is 27.9. The normalized spacial score (nSPS) is 12.4. The summed E-state index contributed by atoms with van der Waals surface area (Å²) in [5.74, 6) is 0. The van der Waals surface area contributed by atoms with Crippen LogP contribution in [0.15, 0.2) is 263 Å². The van der Waals surface area contributed by atoms with E-state index in [1.165, 1.54) is 0 Å². The van der Waals surface area contributed by atoms with E-state index in [4.69, 9.17) is 26.5 Å². The van der Waals surface area contributed by atoms with Gasteiger partial charge >= 0.3 is 0 Å². The number of nitrogens with zero attached hydrogens (tertiary/aromatic N) is 2. The standard InChI is InChI=1S/C75H42N2O6/c1-41-74-60-32-42-18-20-46(76(48-22-26-66-56(36-48)52-10-2-6-14-62(52)78-66)49-23-27-67-57(37-49)53-11-3-7-15-63(53)79-67)30-44(42)34-70(60)82-72(74)40-73-75(41)61-33-43-19-21-47(31-45(43)35-71(61)83-73)77(50-24-28-68-58(38-50)54-12-4-8-16-64(54)80-68)51-25-29-69-59(39-51)55-13-5-9-17-65(55)81-69/h2-40H,1H3. The summed E-state index contributed by atoms with van der Waals surface area (Å²) in [6.07, 6.45) is 0. The molecule has 0 aliphatic carbocycles. The monoisotopic (exact) mass is 1070 g/mol. The minimum Gasteiger partial charge on any atom is -0.456 e. The van der Waals surface area contributed by atoms with Crippen molar-refractivity contribution in [1.29, 1.82) is 0 Å². The van der Waals surface area contributed by atoms with E-state index in [-0.39, 0.29) is 0 Å². The van der Waals surface area contributed by atoms with Crippen LogP contribution in [0.5, 0.6) is 0 Å². The molecular weight excluding hydrogens is 1020 g/mol. The Kier molecular flexibility index (Phi) is 8.84. The third-order valence-electron chi connectivity index (χ3n) is 17.3. The highest BCUT2D eigenvalue weighted by atomic mass is 16.4. The zero-order valence-corrected chi connectivity index (χ0v) is 44.4. The molecule has 0 aliphatic rings. The third kappa shape index (κ3) is 6.51. The van der Waals surface area contributed by atoms with E-state index in [1.807, 2.05) is 48.5 Å². The molecule has 0 aliphatic heterocycles. The highest BCUT2D eigenvalue weighted by Gasteiger charge is 2.23. The average molecular weight is 1070 g/mol. The number of anilines is 6. The maximum atomic E-state index is 6.86. The molecule has 19 aromatic rings. The summed E-state index contributed by atoms with van der Waals surface area (Å²) in [4.78, 5) is 4.64. The summed E-state index contributed by atoms with van der Waals surface area (Å²) in [5.41, 5.74) is 17.2. The van der Waals surface area contributed by atoms with E-state index in [1.54, 1.807) is 0 Å². The lowest BCUT2D eigenvalue weighted by Crippen LogP contribution is -2.09. The Labute approximate surface area is 470 Å². The molecule has 0 saturated heterocycles. The van der Waals surface area contributed by atoms with Crippen LogP contribution in [-0.4, -0.2) is 0 Å². The molecule has 0 atom stereocenters. The number of rotatable bonds is 6. The Morgan fingerprint density at radius 1 is 0.205 bits per heavy atom. The second-order valence-electron chi connectivity index (χ2n) is 22.0. The molecule has 8 nitrogen and oxygen atoms in total. The van der Waals surface area contributed by atoms with Gasteiger partial charge in [-0.05, 0) is 180 Å². The highest BCUT2D eigenvalue weighted by molar-refractivity contribution is 6.21. The Balaban J connectivity index is 0.733. The number of hydrogen-bond donors (Lipinski definition) is 0. The van der Waals surface area contributed by atoms with E-state index in [9.17, 15) is 0 Å². The van der Waals surface area contributed by atoms with Crippen molar-refractivity contribution >= 4 is 187 Å². The smallest absolute Gasteiger partial charge is 0.139 e. The summed E-state index contributed by atoms with van der Waals surface area (Å²) in [5, 5.41) is 17.2. The molecule has 0 spiro atoms. The number of para-hydroxylation sites is 4. The SMILES string of the molecule is Cc1c2c(cc3oc4cc5cc(N(c6ccc7oc8ccccc8c7c6)c6ccc7oc8ccccc8c7c6)ccc5cc4c13)oc1cc3cc(N(c4ccc5oc6ccccc6c5c4)c4ccc5oc6ccccc6c5c4)ccc3cc12. The van der Waals surface area contributed by atoms with E-state index >= 15 is 0 Å². The minimum atomic E-state index is 0.787. The third-order valence-corrected chi connectivity index (χ3v) is 17.3. The molecule has 0 N–H and O–H groups in total. The average Bonchev–Trinajstić information content (AvgIpc) is 2.59. The van der Waals surface area contributed by atoms with Gasteiger partial charge in [0.1, 0.15) is 67.0 Å². The molecular formula is C75H42N2O6. The Morgan fingerprint density at radius 2 is 0.494 bits per heavy atom. The van der Waals surface area contributed by atoms with Gasteiger partial charge in [-0.2, -0.15) is 0 Å². The molecule has 0 radical (unpaired) electrons. The van der Waals surface area contributed by atoms with Gasteiger partial charge in [0, 0.05) is 105 Å². The van der Waals surface area contributed by atoms with E-state index in [2.05, 4.69) is 205 Å². The van der Waals surface area contributed by atoms with Crippen LogP contribution in [0.1, 0.15) is 5.56 Å². The van der Waals surface area contributed by atoms with Crippen molar-refractivity contribution in [2.24, 2.45) is 0 Å². The minimum absolute atomic E-state index is 0.787. The zero-order valence-electron chi connectivity index (χ0n) is 44.4. The largest absolute Gasteiger partial charge is 0.456 e. The van der Waals surface area contributed by atoms with Gasteiger partial charge in [0.15, 0.2) is 0 Å². The van der Waals surface area contributed by atoms with Crippen molar-refractivity contribution in [3.8, 4) is 0 Å². The molecule has 6 aromatic heterocycles. The molecule has 6 heterocycles. The van der Waals surface area contributed by atoms with Crippen molar-refractivity contribution in [3.05, 3.63) is 242 Å². The first kappa shape index (κ1) is 44.6. The lowest BCUT2D eigenvalue weighted by Gasteiger charge is -2.26. The van der Waals surface area contributed by atoms with Crippen LogP contribution in [0.4, 0.5) is 34.1 Å². The van der Waals surface area contributed by atoms with Gasteiger partial charge < -0.3 is 36.3 Å². The molecule has 8 heteroatoms. The van der Waals surface area contributed by atoms with Gasteiger partial charge in [-0.25, -0.2) is 0 Å². The van der Waals surface area contributed by atoms with Crippen molar-refractivity contribution in [2.75, 3.05) is 9.80 Å². The molecule has 0 saturated carbocycles. The number of hydrogen-bond acceptors (Lipinski definition) is 8. The quantitative estimate of drug-likeness (QED) is 0.163. The van der Waals surface area contributed by atoms with Gasteiger partial charge in [-0.15, -0.1) is 0 Å². The van der Waals surface area contributed by atoms with Crippen LogP contribution in [0.2, 0.25) is 0 Å². The van der Waals surface area contributed by atoms with E-state index in [0.29, 0.717) is 0 Å². The molecule has 0 unspecified atom stereocenters. The Morgan fingerprint density at radius 3 is 0.843 bits per heavy atom. The molecule has 13 aromatic carbocycles. The second kappa shape index (κ2) is 16.4. The lowest BCUT2D eigenvalue weighted by molar-refractivity contribution is 0.656. The van der Waals surface area contributed by atoms with Crippen LogP contribution in [0, 0.1) is 6.92 Å². The maximum absolute atomic E-state index is 6.86. The van der Waals surface area contributed by atoms with Crippen LogP contribution in [0.3, 0.4) is 0 Å². The fourth-order valence-electron chi connectivity index (χ4n) is 13.5. The van der Waals surface area contributed by atoms with Gasteiger partial charge in [0.2, 0.25) is 0 Å². The Hall–Kier alpha value is -11.2. The van der Waals surface area contributed by atoms with Gasteiger partial charge in [-0.3, -0.25) is 0 Å². The molecule has 388 valence electrons. The van der Waals surface area contributed by atoms with Gasteiger partial charge in [0.05, 0.1) is 0 Å². The molecule has 83 heavy (non-hydrogen) atoms. The number of benzene rings is 13. The fourth-order valence-corrected chi connectivity index (χ4v) is 13.5. The molecule has 0 fully saturated rings. The number of fused-ring (bicyclic) bond motifs is 20. The fraction of sp³-hybridized carbons (Fsp3) is 0.0133. The van der Waals surface area contributed by atoms with E-state index in [0.717, 1.165) is 193 Å². The summed E-state index contributed by atoms with van der Waals surface area (Å²) < 4.78 is 38.9. The second-order valence-corrected chi connectivity index (χ2v) is 22.0. The van der Waals surface area contributed by atoms with Gasteiger partial charge in [0.25, 0.3) is 0 Å². The lowest BCUT2D eigenvalue weighted by atomic mass is 9.98. The molecule has 0 amide bonds. The first-order valence-electron chi connectivity index (χ1n) is 27.9. The maximum Gasteiger partial charge on any atom is 0.139 e. The molecule has 0 bridgehead atoms. The summed E-state index contributed by atoms with van der Waals surface area (Å²) in [7, 11) is 0. The summed E-state index contributed by atoms with van der Waals surface area (Å²) >= 11 is 0. The van der Waals surface area contributed by atoms with Crippen LogP contribution in [0.25, 0.3) is 153 Å². The number of aryl methyl sites for hydroxylation is 1. The van der Waals surface area contributed by atoms with Crippen LogP contribution in [-0.2, 0) is 0 Å². The van der Waals surface area contributed by atoms with Crippen molar-refractivity contribution < 1.29 is 26.5 Å².